The molecule has 10 nitrogen and oxygen atoms in total. The van der Waals surface area contributed by atoms with E-state index in [-0.39, 0.29) is 0 Å². The highest BCUT2D eigenvalue weighted by Crippen LogP contribution is 2.23. The van der Waals surface area contributed by atoms with Gasteiger partial charge >= 0.3 is 17.6 Å². The molecule has 22 heavy (non-hydrogen) atoms. The summed E-state index contributed by atoms with van der Waals surface area (Å²) in [6, 6.07) is 0. The highest BCUT2D eigenvalue weighted by atomic mass is 19.1. The van der Waals surface area contributed by atoms with Crippen LogP contribution in [0.2, 0.25) is 0 Å². The Morgan fingerprint density at radius 1 is 1.09 bits per heavy atom. The molecule has 0 amide bonds. The summed E-state index contributed by atoms with van der Waals surface area (Å²) < 4.78 is 23.4. The van der Waals surface area contributed by atoms with Crippen LogP contribution in [0.25, 0.3) is 0 Å². The Hall–Kier alpha value is -1.37. The lowest BCUT2D eigenvalue weighted by molar-refractivity contribution is -0.302. The molecule has 1 heterocycles. The number of aliphatic hydroxyl groups is 4. The lowest BCUT2D eigenvalue weighted by Crippen LogP contribution is -2.59. The van der Waals surface area contributed by atoms with Gasteiger partial charge in [-0.25, -0.2) is 14.0 Å². The first kappa shape index (κ1) is 18.7. The predicted molar refractivity (Wildman–Crippen MR) is 63.4 cm³/mol. The zero-order chi connectivity index (χ0) is 17.1. The molecule has 0 aliphatic carbocycles. The van der Waals surface area contributed by atoms with E-state index in [9.17, 15) is 29.3 Å². The standard InChI is InChI=1S/C11H17FO10/c12-11(9(17)18,10(19)20)1-2-21-8-7(16)6(15)5(14)4(3-13)22-8/h4-8,13-16H,1-3H2,(H,17,18)(H,19,20)/t4-,5-,6+,7-,8+/m1/s1. The van der Waals surface area contributed by atoms with Crippen LogP contribution < -0.4 is 0 Å². The summed E-state index contributed by atoms with van der Waals surface area (Å²) in [5.41, 5.74) is -3.58. The minimum atomic E-state index is -3.58. The van der Waals surface area contributed by atoms with Gasteiger partial charge in [0.15, 0.2) is 6.29 Å². The average Bonchev–Trinajstić information content (AvgIpc) is 2.46. The van der Waals surface area contributed by atoms with Gasteiger partial charge in [-0.05, 0) is 0 Å². The van der Waals surface area contributed by atoms with Crippen LogP contribution in [0.4, 0.5) is 4.39 Å². The summed E-state index contributed by atoms with van der Waals surface area (Å²) in [5.74, 6) is -4.42. The quantitative estimate of drug-likeness (QED) is 0.265. The number of halogens is 1. The minimum Gasteiger partial charge on any atom is -0.478 e. The molecule has 6 N–H and O–H groups in total. The highest BCUT2D eigenvalue weighted by Gasteiger charge is 2.48. The molecular formula is C11H17FO10. The molecule has 0 aromatic heterocycles. The molecule has 1 aliphatic rings. The summed E-state index contributed by atoms with van der Waals surface area (Å²) in [4.78, 5) is 21.2. The van der Waals surface area contributed by atoms with Crippen LogP contribution in [-0.4, -0.2) is 92.2 Å². The van der Waals surface area contributed by atoms with E-state index < -0.39 is 67.9 Å². The van der Waals surface area contributed by atoms with Gasteiger partial charge < -0.3 is 40.1 Å². The number of hydrogen-bond donors (Lipinski definition) is 6. The Labute approximate surface area is 123 Å². The van der Waals surface area contributed by atoms with Crippen LogP contribution in [0.5, 0.6) is 0 Å². The normalized spacial score (nSPS) is 32.7. The molecule has 1 rings (SSSR count). The zero-order valence-electron chi connectivity index (χ0n) is 11.2. The van der Waals surface area contributed by atoms with E-state index in [1.165, 1.54) is 0 Å². The van der Waals surface area contributed by atoms with E-state index in [0.29, 0.717) is 0 Å². The molecule has 128 valence electrons. The lowest BCUT2D eigenvalue weighted by Gasteiger charge is -2.39. The summed E-state index contributed by atoms with van der Waals surface area (Å²) in [7, 11) is 0. The van der Waals surface area contributed by atoms with Gasteiger partial charge in [0.1, 0.15) is 24.4 Å². The van der Waals surface area contributed by atoms with Crippen molar-refractivity contribution in [3.05, 3.63) is 0 Å². The van der Waals surface area contributed by atoms with Crippen molar-refractivity contribution in [1.82, 2.24) is 0 Å². The number of carboxylic acid groups (broad SMARTS) is 2. The summed E-state index contributed by atoms with van der Waals surface area (Å²) in [6.07, 6.45) is -9.00. The number of hydrogen-bond acceptors (Lipinski definition) is 8. The Kier molecular flexibility index (Phi) is 6.17. The number of alkyl halides is 1. The third-order valence-corrected chi connectivity index (χ3v) is 3.26. The molecular weight excluding hydrogens is 311 g/mol. The van der Waals surface area contributed by atoms with Crippen LogP contribution in [-0.2, 0) is 19.1 Å². The smallest absolute Gasteiger partial charge is 0.353 e. The number of rotatable bonds is 7. The third kappa shape index (κ3) is 3.69. The van der Waals surface area contributed by atoms with Gasteiger partial charge in [0.05, 0.1) is 13.2 Å². The fourth-order valence-electron chi connectivity index (χ4n) is 1.83. The molecule has 1 fully saturated rings. The maximum atomic E-state index is 13.7. The number of aliphatic hydroxyl groups excluding tert-OH is 4. The van der Waals surface area contributed by atoms with E-state index in [4.69, 9.17) is 24.8 Å². The number of carbonyl (C=O) groups is 2. The van der Waals surface area contributed by atoms with Crippen molar-refractivity contribution in [1.29, 1.82) is 0 Å². The Balaban J connectivity index is 2.63. The van der Waals surface area contributed by atoms with Crippen LogP contribution >= 0.6 is 0 Å². The van der Waals surface area contributed by atoms with Gasteiger partial charge in [-0.1, -0.05) is 0 Å². The first-order chi connectivity index (χ1) is 10.1. The first-order valence-corrected chi connectivity index (χ1v) is 6.23. The molecule has 5 atom stereocenters. The van der Waals surface area contributed by atoms with Gasteiger partial charge in [0.25, 0.3) is 0 Å². The van der Waals surface area contributed by atoms with Crippen molar-refractivity contribution in [2.24, 2.45) is 0 Å². The predicted octanol–water partition coefficient (Wildman–Crippen LogP) is -2.93. The topological polar surface area (TPSA) is 174 Å². The van der Waals surface area contributed by atoms with Gasteiger partial charge in [-0.3, -0.25) is 0 Å². The summed E-state index contributed by atoms with van der Waals surface area (Å²) in [6.45, 7) is -1.47. The van der Waals surface area contributed by atoms with E-state index in [2.05, 4.69) is 0 Å². The maximum absolute atomic E-state index is 13.7. The summed E-state index contributed by atoms with van der Waals surface area (Å²) >= 11 is 0. The van der Waals surface area contributed by atoms with Gasteiger partial charge in [0, 0.05) is 6.42 Å². The fraction of sp³-hybridized carbons (Fsp3) is 0.818. The van der Waals surface area contributed by atoms with E-state index in [1.807, 2.05) is 0 Å². The van der Waals surface area contributed by atoms with Gasteiger partial charge in [-0.15, -0.1) is 0 Å². The molecule has 0 saturated carbocycles. The molecule has 11 heteroatoms. The molecule has 0 aromatic rings. The fourth-order valence-corrected chi connectivity index (χ4v) is 1.83. The Morgan fingerprint density at radius 3 is 2.09 bits per heavy atom. The van der Waals surface area contributed by atoms with E-state index in [1.54, 1.807) is 0 Å². The number of ether oxygens (including phenoxy) is 2. The van der Waals surface area contributed by atoms with Crippen molar-refractivity contribution in [3.63, 3.8) is 0 Å². The van der Waals surface area contributed by atoms with E-state index in [0.717, 1.165) is 0 Å². The van der Waals surface area contributed by atoms with Crippen LogP contribution in [0.15, 0.2) is 0 Å². The molecule has 0 bridgehead atoms. The molecule has 0 spiro atoms. The van der Waals surface area contributed by atoms with Crippen LogP contribution in [0.1, 0.15) is 6.42 Å². The SMILES string of the molecule is O=C(O)C(F)(CCO[C@H]1O[C@H](CO)[C@@H](O)[C@H](O)[C@H]1O)C(=O)O. The summed E-state index contributed by atoms with van der Waals surface area (Å²) in [5, 5.41) is 54.6. The monoisotopic (exact) mass is 328 g/mol. The van der Waals surface area contributed by atoms with Crippen LogP contribution in [0.3, 0.4) is 0 Å². The maximum Gasteiger partial charge on any atom is 0.353 e. The molecule has 1 aliphatic heterocycles. The lowest BCUT2D eigenvalue weighted by atomic mass is 9.99. The van der Waals surface area contributed by atoms with E-state index >= 15 is 0 Å². The van der Waals surface area contributed by atoms with Crippen molar-refractivity contribution in [2.75, 3.05) is 13.2 Å². The second-order valence-electron chi connectivity index (χ2n) is 4.73. The third-order valence-electron chi connectivity index (χ3n) is 3.26. The van der Waals surface area contributed by atoms with Gasteiger partial charge in [0.2, 0.25) is 0 Å². The number of carboxylic acids is 2. The second-order valence-corrected chi connectivity index (χ2v) is 4.73. The Morgan fingerprint density at radius 2 is 1.64 bits per heavy atom. The average molecular weight is 328 g/mol. The first-order valence-electron chi connectivity index (χ1n) is 6.23. The minimum absolute atomic E-state index is 0.706. The molecule has 0 aromatic carbocycles. The highest BCUT2D eigenvalue weighted by molar-refractivity contribution is 6.01. The zero-order valence-corrected chi connectivity index (χ0v) is 11.2. The molecule has 0 radical (unpaired) electrons. The van der Waals surface area contributed by atoms with Crippen molar-refractivity contribution >= 4 is 11.9 Å². The van der Waals surface area contributed by atoms with Crippen LogP contribution in [0, 0.1) is 0 Å². The van der Waals surface area contributed by atoms with Crippen molar-refractivity contribution < 1.29 is 54.1 Å². The largest absolute Gasteiger partial charge is 0.478 e. The van der Waals surface area contributed by atoms with Crippen molar-refractivity contribution in [3.8, 4) is 0 Å². The molecule has 1 saturated heterocycles. The van der Waals surface area contributed by atoms with Gasteiger partial charge in [-0.2, -0.15) is 0 Å². The Bertz CT molecular complexity index is 400. The van der Waals surface area contributed by atoms with Crippen molar-refractivity contribution in [2.45, 2.75) is 42.8 Å². The molecule has 0 unspecified atom stereocenters. The number of aliphatic carboxylic acids is 2. The second kappa shape index (κ2) is 7.26.